The molecule has 1 fully saturated rings. The molecule has 1 unspecified atom stereocenters. The highest BCUT2D eigenvalue weighted by Gasteiger charge is 2.29. The summed E-state index contributed by atoms with van der Waals surface area (Å²) in [4.78, 5) is 10.9. The summed E-state index contributed by atoms with van der Waals surface area (Å²) in [6.07, 6.45) is -0.515. The molecule has 7 nitrogen and oxygen atoms in total. The highest BCUT2D eigenvalue weighted by Crippen LogP contribution is 2.16. The number of carboxylic acid groups (broad SMARTS) is 1. The number of nitrogens with zero attached hydrogens (tertiary/aromatic N) is 1. The molecule has 1 aliphatic rings. The summed E-state index contributed by atoms with van der Waals surface area (Å²) in [6, 6.07) is 5.86. The van der Waals surface area contributed by atoms with Crippen molar-refractivity contribution < 1.29 is 28.2 Å². The standard InChI is InChI=1S/C13H17NO6S/c15-8-12-7-14(4-5-20-12)21(18,19)9-10-2-1-3-11(6-10)13(16)17/h1-3,6,12,15H,4-5,7-9H2,(H,16,17). The zero-order valence-electron chi connectivity index (χ0n) is 11.3. The lowest BCUT2D eigenvalue weighted by Crippen LogP contribution is -2.47. The highest BCUT2D eigenvalue weighted by atomic mass is 32.2. The van der Waals surface area contributed by atoms with E-state index in [0.717, 1.165) is 0 Å². The fourth-order valence-electron chi connectivity index (χ4n) is 2.15. The van der Waals surface area contributed by atoms with E-state index in [1.165, 1.54) is 22.5 Å². The summed E-state index contributed by atoms with van der Waals surface area (Å²) in [5, 5.41) is 18.0. The predicted octanol–water partition coefficient (Wildman–Crippen LogP) is -0.0923. The number of rotatable bonds is 5. The first-order valence-corrected chi connectivity index (χ1v) is 8.06. The zero-order valence-corrected chi connectivity index (χ0v) is 12.1. The lowest BCUT2D eigenvalue weighted by Gasteiger charge is -2.31. The number of hydrogen-bond donors (Lipinski definition) is 2. The van der Waals surface area contributed by atoms with Crippen LogP contribution in [0.25, 0.3) is 0 Å². The Kier molecular flexibility index (Phi) is 4.94. The van der Waals surface area contributed by atoms with Gasteiger partial charge in [0.1, 0.15) is 0 Å². The maximum Gasteiger partial charge on any atom is 0.335 e. The third kappa shape index (κ3) is 4.01. The Labute approximate surface area is 122 Å². The third-order valence-corrected chi connectivity index (χ3v) is 5.04. The second-order valence-corrected chi connectivity index (χ2v) is 6.76. The largest absolute Gasteiger partial charge is 0.478 e. The van der Waals surface area contributed by atoms with Crippen LogP contribution in [0.3, 0.4) is 0 Å². The summed E-state index contributed by atoms with van der Waals surface area (Å²) in [7, 11) is -3.57. The molecule has 1 aromatic rings. The first kappa shape index (κ1) is 15.9. The van der Waals surface area contributed by atoms with Gasteiger partial charge in [0.15, 0.2) is 0 Å². The molecule has 1 saturated heterocycles. The van der Waals surface area contributed by atoms with Crippen LogP contribution in [0.2, 0.25) is 0 Å². The number of aliphatic hydroxyl groups excluding tert-OH is 1. The Balaban J connectivity index is 2.13. The number of benzene rings is 1. The minimum atomic E-state index is -3.57. The molecule has 1 atom stereocenters. The van der Waals surface area contributed by atoms with E-state index in [1.54, 1.807) is 6.07 Å². The summed E-state index contributed by atoms with van der Waals surface area (Å²) in [6.45, 7) is 0.342. The van der Waals surface area contributed by atoms with Gasteiger partial charge in [0.05, 0.1) is 30.6 Å². The fourth-order valence-corrected chi connectivity index (χ4v) is 3.68. The average molecular weight is 315 g/mol. The van der Waals surface area contributed by atoms with Crippen LogP contribution in [0.4, 0.5) is 0 Å². The van der Waals surface area contributed by atoms with Crippen molar-refractivity contribution in [1.82, 2.24) is 4.31 Å². The zero-order chi connectivity index (χ0) is 15.5. The van der Waals surface area contributed by atoms with Gasteiger partial charge in [-0.1, -0.05) is 12.1 Å². The van der Waals surface area contributed by atoms with E-state index in [2.05, 4.69) is 0 Å². The molecule has 116 valence electrons. The first-order valence-electron chi connectivity index (χ1n) is 6.45. The molecule has 1 aromatic carbocycles. The van der Waals surface area contributed by atoms with Gasteiger partial charge in [0.25, 0.3) is 0 Å². The van der Waals surface area contributed by atoms with E-state index in [0.29, 0.717) is 5.56 Å². The van der Waals surface area contributed by atoms with Crippen molar-refractivity contribution in [1.29, 1.82) is 0 Å². The number of hydrogen-bond acceptors (Lipinski definition) is 5. The van der Waals surface area contributed by atoms with Gasteiger partial charge in [-0.15, -0.1) is 0 Å². The van der Waals surface area contributed by atoms with Gasteiger partial charge in [-0.25, -0.2) is 13.2 Å². The van der Waals surface area contributed by atoms with Gasteiger partial charge >= 0.3 is 5.97 Å². The van der Waals surface area contributed by atoms with Crippen molar-refractivity contribution in [3.63, 3.8) is 0 Å². The van der Waals surface area contributed by atoms with Crippen LogP contribution in [0.15, 0.2) is 24.3 Å². The van der Waals surface area contributed by atoms with Crippen molar-refractivity contribution in [2.45, 2.75) is 11.9 Å². The van der Waals surface area contributed by atoms with Crippen LogP contribution in [-0.2, 0) is 20.5 Å². The molecule has 0 radical (unpaired) electrons. The van der Waals surface area contributed by atoms with Crippen LogP contribution in [0.5, 0.6) is 0 Å². The Morgan fingerprint density at radius 1 is 1.43 bits per heavy atom. The van der Waals surface area contributed by atoms with Crippen LogP contribution < -0.4 is 0 Å². The molecular weight excluding hydrogens is 298 g/mol. The third-order valence-electron chi connectivity index (χ3n) is 3.22. The molecule has 0 aromatic heterocycles. The van der Waals surface area contributed by atoms with Gasteiger partial charge in [0, 0.05) is 13.1 Å². The van der Waals surface area contributed by atoms with Gasteiger partial charge in [0.2, 0.25) is 10.0 Å². The SMILES string of the molecule is O=C(O)c1cccc(CS(=O)(=O)N2CCOC(CO)C2)c1. The number of sulfonamides is 1. The Bertz CT molecular complexity index is 615. The smallest absolute Gasteiger partial charge is 0.335 e. The van der Waals surface area contributed by atoms with Gasteiger partial charge in [-0.2, -0.15) is 4.31 Å². The van der Waals surface area contributed by atoms with E-state index >= 15 is 0 Å². The number of ether oxygens (including phenoxy) is 1. The monoisotopic (exact) mass is 315 g/mol. The first-order chi connectivity index (χ1) is 9.92. The van der Waals surface area contributed by atoms with Crippen molar-refractivity contribution >= 4 is 16.0 Å². The number of aromatic carboxylic acids is 1. The number of aliphatic hydroxyl groups is 1. The van der Waals surface area contributed by atoms with E-state index in [9.17, 15) is 13.2 Å². The Morgan fingerprint density at radius 3 is 2.86 bits per heavy atom. The fraction of sp³-hybridized carbons (Fsp3) is 0.462. The molecule has 0 amide bonds. The molecule has 2 N–H and O–H groups in total. The maximum atomic E-state index is 12.3. The average Bonchev–Trinajstić information content (AvgIpc) is 2.47. The van der Waals surface area contributed by atoms with Crippen molar-refractivity contribution in [2.75, 3.05) is 26.3 Å². The minimum Gasteiger partial charge on any atom is -0.478 e. The van der Waals surface area contributed by atoms with E-state index in [4.69, 9.17) is 14.9 Å². The number of carbonyl (C=O) groups is 1. The van der Waals surface area contributed by atoms with Crippen LogP contribution >= 0.6 is 0 Å². The lowest BCUT2D eigenvalue weighted by molar-refractivity contribution is -0.0305. The molecule has 21 heavy (non-hydrogen) atoms. The maximum absolute atomic E-state index is 12.3. The van der Waals surface area contributed by atoms with E-state index < -0.39 is 22.1 Å². The topological polar surface area (TPSA) is 104 Å². The Morgan fingerprint density at radius 2 is 2.19 bits per heavy atom. The second-order valence-electron chi connectivity index (χ2n) is 4.80. The van der Waals surface area contributed by atoms with Crippen molar-refractivity contribution in [2.24, 2.45) is 0 Å². The summed E-state index contributed by atoms with van der Waals surface area (Å²) >= 11 is 0. The van der Waals surface area contributed by atoms with Crippen LogP contribution in [0, 0.1) is 0 Å². The molecule has 0 bridgehead atoms. The van der Waals surface area contributed by atoms with Crippen LogP contribution in [0.1, 0.15) is 15.9 Å². The summed E-state index contributed by atoms with van der Waals surface area (Å²) in [5.74, 6) is -1.37. The van der Waals surface area contributed by atoms with Gasteiger partial charge in [-0.3, -0.25) is 0 Å². The van der Waals surface area contributed by atoms with Crippen molar-refractivity contribution in [3.8, 4) is 0 Å². The summed E-state index contributed by atoms with van der Waals surface area (Å²) < 4.78 is 31.2. The molecule has 0 spiro atoms. The molecule has 1 heterocycles. The molecule has 0 aliphatic carbocycles. The molecule has 8 heteroatoms. The van der Waals surface area contributed by atoms with Gasteiger partial charge in [-0.05, 0) is 17.7 Å². The molecule has 2 rings (SSSR count). The number of morpholine rings is 1. The van der Waals surface area contributed by atoms with E-state index in [-0.39, 0.29) is 37.6 Å². The van der Waals surface area contributed by atoms with Gasteiger partial charge < -0.3 is 14.9 Å². The normalized spacial score (nSPS) is 20.3. The summed E-state index contributed by atoms with van der Waals surface area (Å²) in [5.41, 5.74) is 0.472. The minimum absolute atomic E-state index is 0.0536. The van der Waals surface area contributed by atoms with Crippen LogP contribution in [-0.4, -0.2) is 61.3 Å². The highest BCUT2D eigenvalue weighted by molar-refractivity contribution is 7.88. The predicted molar refractivity (Wildman–Crippen MR) is 74.4 cm³/mol. The molecule has 1 aliphatic heterocycles. The van der Waals surface area contributed by atoms with E-state index in [1.807, 2.05) is 0 Å². The Hall–Kier alpha value is -1.48. The van der Waals surface area contributed by atoms with Crippen molar-refractivity contribution in [3.05, 3.63) is 35.4 Å². The molecule has 0 saturated carbocycles. The lowest BCUT2D eigenvalue weighted by atomic mass is 10.1. The molecular formula is C13H17NO6S. The quantitative estimate of drug-likeness (QED) is 0.787. The second kappa shape index (κ2) is 6.52. The number of carboxylic acids is 1.